The predicted octanol–water partition coefficient (Wildman–Crippen LogP) is 2.46. The summed E-state index contributed by atoms with van der Waals surface area (Å²) in [6, 6.07) is 0. The molecule has 0 spiro atoms. The Morgan fingerprint density at radius 2 is 2.10 bits per heavy atom. The van der Waals surface area contributed by atoms with Crippen LogP contribution in [0.15, 0.2) is 9.69 Å². The van der Waals surface area contributed by atoms with Crippen LogP contribution < -0.4 is 0 Å². The van der Waals surface area contributed by atoms with E-state index in [0.29, 0.717) is 6.61 Å². The van der Waals surface area contributed by atoms with E-state index in [0.717, 1.165) is 10.2 Å². The molecular weight excluding hydrogens is 319 g/mol. The van der Waals surface area contributed by atoms with E-state index in [1.807, 2.05) is 13.0 Å². The third-order valence-electron chi connectivity index (χ3n) is 0.940. The van der Waals surface area contributed by atoms with Gasteiger partial charge >= 0.3 is 70.6 Å². The van der Waals surface area contributed by atoms with Gasteiger partial charge in [0.05, 0.1) is 0 Å². The quantitative estimate of drug-likeness (QED) is 0.565. The third-order valence-corrected chi connectivity index (χ3v) is 5.10. The average molecular weight is 338 g/mol. The molecule has 0 rings (SSSR count). The van der Waals surface area contributed by atoms with Crippen LogP contribution in [0.1, 0.15) is 8.29 Å². The van der Waals surface area contributed by atoms with Crippen LogP contribution in [-0.2, 0) is 4.74 Å². The number of rotatable bonds is 4. The van der Waals surface area contributed by atoms with E-state index in [1.54, 1.807) is 0 Å². The van der Waals surface area contributed by atoms with Crippen molar-refractivity contribution in [3.05, 3.63) is 9.69 Å². The molecular formula is C8H18OPb. The minimum absolute atomic E-state index is 0.618. The van der Waals surface area contributed by atoms with Crippen molar-refractivity contribution in [3.63, 3.8) is 0 Å². The molecule has 0 aliphatic rings. The SMILES string of the molecule is [2H]/[C](=C\COCC)[Pb]([CH3])([CH3])[CH3]. The van der Waals surface area contributed by atoms with Gasteiger partial charge in [0, 0.05) is 0 Å². The summed E-state index contributed by atoms with van der Waals surface area (Å²) in [6.07, 6.45) is 1.92. The Morgan fingerprint density at radius 1 is 1.50 bits per heavy atom. The van der Waals surface area contributed by atoms with Gasteiger partial charge in [-0.2, -0.15) is 0 Å². The molecule has 0 fully saturated rings. The van der Waals surface area contributed by atoms with Crippen molar-refractivity contribution in [2.24, 2.45) is 0 Å². The molecule has 0 aromatic rings. The van der Waals surface area contributed by atoms with Crippen LogP contribution in [-0.4, -0.2) is 34.4 Å². The van der Waals surface area contributed by atoms with E-state index in [-0.39, 0.29) is 0 Å². The van der Waals surface area contributed by atoms with Gasteiger partial charge in [-0.15, -0.1) is 0 Å². The molecule has 0 atom stereocenters. The zero-order chi connectivity index (χ0) is 8.91. The first-order chi connectivity index (χ1) is 4.98. The van der Waals surface area contributed by atoms with Gasteiger partial charge in [-0.1, -0.05) is 0 Å². The van der Waals surface area contributed by atoms with E-state index in [9.17, 15) is 0 Å². The Morgan fingerprint density at radius 3 is 2.50 bits per heavy atom. The normalized spacial score (nSPS) is 15.2. The summed E-state index contributed by atoms with van der Waals surface area (Å²) in [7, 11) is 0. The van der Waals surface area contributed by atoms with Crippen molar-refractivity contribution in [2.75, 3.05) is 13.2 Å². The van der Waals surface area contributed by atoms with Crippen LogP contribution in [0.5, 0.6) is 0 Å². The second-order valence-corrected chi connectivity index (χ2v) is 21.9. The van der Waals surface area contributed by atoms with Gasteiger partial charge in [-0.3, -0.25) is 0 Å². The first-order valence-corrected chi connectivity index (χ1v) is 17.3. The zero-order valence-corrected chi connectivity index (χ0v) is 11.3. The van der Waals surface area contributed by atoms with Crippen molar-refractivity contribution in [2.45, 2.75) is 20.4 Å². The molecule has 0 saturated heterocycles. The summed E-state index contributed by atoms with van der Waals surface area (Å²) < 4.78 is 20.4. The zero-order valence-electron chi connectivity index (χ0n) is 8.40. The Bertz CT molecular complexity index is 138. The average Bonchev–Trinajstić information content (AvgIpc) is 1.86. The van der Waals surface area contributed by atoms with Gasteiger partial charge in [-0.25, -0.2) is 0 Å². The van der Waals surface area contributed by atoms with Gasteiger partial charge in [0.1, 0.15) is 0 Å². The van der Waals surface area contributed by atoms with Gasteiger partial charge in [0.25, 0.3) is 0 Å². The number of ether oxygens (including phenoxy) is 1. The van der Waals surface area contributed by atoms with Crippen molar-refractivity contribution >= 4 is 21.2 Å². The summed E-state index contributed by atoms with van der Waals surface area (Å²) in [6.45, 7) is 3.33. The fraction of sp³-hybridized carbons (Fsp3) is 0.750. The van der Waals surface area contributed by atoms with E-state index in [1.165, 1.54) is 0 Å². The number of hydrogen-bond donors (Lipinski definition) is 0. The maximum absolute atomic E-state index is 7.68. The van der Waals surface area contributed by atoms with Crippen LogP contribution in [0, 0.1) is 0 Å². The van der Waals surface area contributed by atoms with Crippen LogP contribution in [0.2, 0.25) is 13.4 Å². The molecule has 0 aromatic carbocycles. The van der Waals surface area contributed by atoms with Crippen molar-refractivity contribution in [1.82, 2.24) is 0 Å². The van der Waals surface area contributed by atoms with Crippen molar-refractivity contribution < 1.29 is 6.11 Å². The Labute approximate surface area is 70.5 Å². The van der Waals surface area contributed by atoms with Gasteiger partial charge in [-0.05, 0) is 0 Å². The molecule has 2 heteroatoms. The second-order valence-electron chi connectivity index (χ2n) is 3.26. The summed E-state index contributed by atoms with van der Waals surface area (Å²) in [4.78, 5) is 0. The van der Waals surface area contributed by atoms with Crippen LogP contribution >= 0.6 is 0 Å². The second kappa shape index (κ2) is 5.30. The standard InChI is InChI=1S/C5H9O.3CH3.Pb/c1-3-5-6-4-2;;;;/h1,3H,4-5H2,2H3;3*1H3;/i1D;;;;. The third kappa shape index (κ3) is 8.62. The minimum atomic E-state index is -2.15. The molecule has 0 unspecified atom stereocenters. The van der Waals surface area contributed by atoms with Gasteiger partial charge in [0.2, 0.25) is 0 Å². The van der Waals surface area contributed by atoms with Crippen molar-refractivity contribution in [1.29, 1.82) is 0 Å². The van der Waals surface area contributed by atoms with Crippen LogP contribution in [0.3, 0.4) is 0 Å². The summed E-state index contributed by atoms with van der Waals surface area (Å²) in [5, 5.41) is 0. The molecule has 0 aliphatic carbocycles. The predicted molar refractivity (Wildman–Crippen MR) is 49.0 cm³/mol. The first-order valence-electron chi connectivity index (χ1n) is 4.23. The molecule has 0 amide bonds. The van der Waals surface area contributed by atoms with Gasteiger partial charge in [0.15, 0.2) is 0 Å². The molecule has 0 radical (unpaired) electrons. The van der Waals surface area contributed by atoms with Crippen molar-refractivity contribution in [3.8, 4) is 0 Å². The fourth-order valence-electron chi connectivity index (χ4n) is 0.525. The Kier molecular flexibility index (Phi) is 4.62. The maximum atomic E-state index is 7.68. The fourth-order valence-corrected chi connectivity index (χ4v) is 3.23. The summed E-state index contributed by atoms with van der Waals surface area (Å²) in [5.41, 5.74) is 0. The molecule has 0 heterocycles. The molecule has 1 nitrogen and oxygen atoms in total. The Hall–Kier alpha value is 0.622. The van der Waals surface area contributed by atoms with Crippen LogP contribution in [0.25, 0.3) is 0 Å². The van der Waals surface area contributed by atoms with Crippen LogP contribution in [0.4, 0.5) is 0 Å². The molecule has 10 heavy (non-hydrogen) atoms. The molecule has 60 valence electrons. The molecule has 0 aromatic heterocycles. The van der Waals surface area contributed by atoms with E-state index in [4.69, 9.17) is 6.11 Å². The molecule has 0 saturated carbocycles. The molecule has 0 N–H and O–H groups in total. The van der Waals surface area contributed by atoms with Gasteiger partial charge < -0.3 is 0 Å². The first kappa shape index (κ1) is 8.72. The molecule has 0 bridgehead atoms. The molecule has 0 aliphatic heterocycles. The summed E-state index contributed by atoms with van der Waals surface area (Å²) >= 11 is -2.15. The van der Waals surface area contributed by atoms with E-state index >= 15 is 0 Å². The summed E-state index contributed by atoms with van der Waals surface area (Å²) in [5.74, 6) is 0. The Balaban J connectivity index is 3.81. The van der Waals surface area contributed by atoms with E-state index in [2.05, 4.69) is 13.4 Å². The monoisotopic (exact) mass is 339 g/mol. The topological polar surface area (TPSA) is 9.23 Å². The number of hydrogen-bond acceptors (Lipinski definition) is 1. The van der Waals surface area contributed by atoms with E-state index < -0.39 is 21.2 Å².